The molecule has 1 fully saturated rings. The van der Waals surface area contributed by atoms with Gasteiger partial charge in [0.25, 0.3) is 11.8 Å². The van der Waals surface area contributed by atoms with Gasteiger partial charge >= 0.3 is 0 Å². The van der Waals surface area contributed by atoms with Crippen LogP contribution in [0.4, 0.5) is 17.1 Å². The molecule has 3 aromatic rings. The van der Waals surface area contributed by atoms with E-state index in [0.717, 1.165) is 35.6 Å². The lowest BCUT2D eigenvalue weighted by atomic mass is 10.0. The van der Waals surface area contributed by atoms with Gasteiger partial charge in [0.05, 0.1) is 11.3 Å². The van der Waals surface area contributed by atoms with Crippen molar-refractivity contribution >= 4 is 34.4 Å². The van der Waals surface area contributed by atoms with E-state index in [-0.39, 0.29) is 11.8 Å². The third-order valence-corrected chi connectivity index (χ3v) is 6.46. The first kappa shape index (κ1) is 21.0. The maximum absolute atomic E-state index is 13.7. The molecule has 5 rings (SSSR count). The number of imide groups is 1. The number of benzene rings is 3. The molecule has 5 heteroatoms. The van der Waals surface area contributed by atoms with Gasteiger partial charge < -0.3 is 9.80 Å². The number of carbonyl (C=O) groups excluding carboxylic acids is 2. The number of aryl methyl sites for hydroxylation is 1. The minimum atomic E-state index is -0.309. The topological polar surface area (TPSA) is 43.9 Å². The van der Waals surface area contributed by atoms with Crippen molar-refractivity contribution in [2.24, 2.45) is 0 Å². The maximum atomic E-state index is 13.7. The molecular formula is C28H27N3O2. The van der Waals surface area contributed by atoms with Crippen LogP contribution in [0.2, 0.25) is 0 Å². The largest absolute Gasteiger partial charge is 0.372 e. The van der Waals surface area contributed by atoms with Gasteiger partial charge in [0.2, 0.25) is 0 Å². The lowest BCUT2D eigenvalue weighted by molar-refractivity contribution is -0.120. The Labute approximate surface area is 194 Å². The highest BCUT2D eigenvalue weighted by atomic mass is 16.2. The molecule has 0 spiro atoms. The molecule has 0 N–H and O–H groups in total. The Morgan fingerprint density at radius 3 is 1.97 bits per heavy atom. The number of para-hydroxylation sites is 1. The van der Waals surface area contributed by atoms with Crippen molar-refractivity contribution in [1.82, 2.24) is 0 Å². The fourth-order valence-electron chi connectivity index (χ4n) is 4.61. The summed E-state index contributed by atoms with van der Waals surface area (Å²) in [6.45, 7) is 4.10. The molecule has 3 aromatic carbocycles. The van der Waals surface area contributed by atoms with Gasteiger partial charge in [-0.2, -0.15) is 0 Å². The van der Waals surface area contributed by atoms with E-state index in [1.807, 2.05) is 97.7 Å². The van der Waals surface area contributed by atoms with Crippen LogP contribution in [0.1, 0.15) is 24.0 Å². The molecule has 0 atom stereocenters. The van der Waals surface area contributed by atoms with Crippen molar-refractivity contribution in [3.05, 3.63) is 95.7 Å². The van der Waals surface area contributed by atoms with Crippen LogP contribution >= 0.6 is 0 Å². The number of rotatable bonds is 5. The van der Waals surface area contributed by atoms with Gasteiger partial charge in [0, 0.05) is 31.5 Å². The van der Waals surface area contributed by atoms with Crippen molar-refractivity contribution in [2.45, 2.75) is 19.8 Å². The van der Waals surface area contributed by atoms with Crippen molar-refractivity contribution < 1.29 is 9.59 Å². The van der Waals surface area contributed by atoms with E-state index < -0.39 is 0 Å². The summed E-state index contributed by atoms with van der Waals surface area (Å²) in [6.07, 6.45) is 2.40. The standard InChI is InChI=1S/C28H27N3O2/c1-20-10-12-21(13-11-20)25-26(29(2)22-8-4-3-5-9-22)28(33)31(27(25)32)24-16-14-23(15-17-24)30-18-6-7-19-30/h3-5,8-17H,6-7,18-19H2,1-2H3. The summed E-state index contributed by atoms with van der Waals surface area (Å²) in [6, 6.07) is 25.2. The summed E-state index contributed by atoms with van der Waals surface area (Å²) >= 11 is 0. The first-order valence-electron chi connectivity index (χ1n) is 11.4. The molecule has 0 unspecified atom stereocenters. The zero-order valence-corrected chi connectivity index (χ0v) is 19.0. The Hall–Kier alpha value is -3.86. The molecule has 166 valence electrons. The van der Waals surface area contributed by atoms with E-state index in [9.17, 15) is 9.59 Å². The molecule has 2 heterocycles. The maximum Gasteiger partial charge on any atom is 0.282 e. The van der Waals surface area contributed by atoms with Gasteiger partial charge in [-0.25, -0.2) is 4.90 Å². The van der Waals surface area contributed by atoms with E-state index in [4.69, 9.17) is 0 Å². The number of anilines is 3. The Balaban J connectivity index is 1.56. The molecule has 0 radical (unpaired) electrons. The van der Waals surface area contributed by atoms with Gasteiger partial charge in [-0.1, -0.05) is 48.0 Å². The molecular weight excluding hydrogens is 410 g/mol. The second kappa shape index (κ2) is 8.58. The predicted molar refractivity (Wildman–Crippen MR) is 133 cm³/mol. The summed E-state index contributed by atoms with van der Waals surface area (Å²) in [5.41, 5.74) is 5.23. The van der Waals surface area contributed by atoms with Gasteiger partial charge in [-0.05, 0) is 61.7 Å². The van der Waals surface area contributed by atoms with Crippen LogP contribution in [-0.2, 0) is 9.59 Å². The monoisotopic (exact) mass is 437 g/mol. The molecule has 2 aliphatic rings. The zero-order chi connectivity index (χ0) is 22.9. The first-order chi connectivity index (χ1) is 16.0. The van der Waals surface area contributed by atoms with E-state index >= 15 is 0 Å². The van der Waals surface area contributed by atoms with Crippen LogP contribution in [0.15, 0.2) is 84.6 Å². The molecule has 0 aromatic heterocycles. The van der Waals surface area contributed by atoms with E-state index in [2.05, 4.69) is 4.90 Å². The average Bonchev–Trinajstić information content (AvgIpc) is 3.47. The van der Waals surface area contributed by atoms with Crippen LogP contribution in [0.5, 0.6) is 0 Å². The fraction of sp³-hybridized carbons (Fsp3) is 0.214. The smallest absolute Gasteiger partial charge is 0.282 e. The average molecular weight is 438 g/mol. The number of likely N-dealkylation sites (N-methyl/N-ethyl adjacent to an activating group) is 1. The normalized spacial score (nSPS) is 16.2. The summed E-state index contributed by atoms with van der Waals surface area (Å²) < 4.78 is 0. The quantitative estimate of drug-likeness (QED) is 0.526. The third-order valence-electron chi connectivity index (χ3n) is 6.46. The van der Waals surface area contributed by atoms with Gasteiger partial charge in [-0.3, -0.25) is 9.59 Å². The van der Waals surface area contributed by atoms with Gasteiger partial charge in [-0.15, -0.1) is 0 Å². The van der Waals surface area contributed by atoms with Crippen LogP contribution in [0.3, 0.4) is 0 Å². The first-order valence-corrected chi connectivity index (χ1v) is 11.4. The summed E-state index contributed by atoms with van der Waals surface area (Å²) in [5, 5.41) is 0. The SMILES string of the molecule is Cc1ccc(C2=C(N(C)c3ccccc3)C(=O)N(c3ccc(N4CCCC4)cc3)C2=O)cc1. The Bertz CT molecular complexity index is 1210. The van der Waals surface area contributed by atoms with E-state index in [1.165, 1.54) is 17.7 Å². The molecule has 5 nitrogen and oxygen atoms in total. The fourth-order valence-corrected chi connectivity index (χ4v) is 4.61. The summed E-state index contributed by atoms with van der Waals surface area (Å²) in [5.74, 6) is -0.605. The summed E-state index contributed by atoms with van der Waals surface area (Å²) in [4.78, 5) is 32.9. The van der Waals surface area contributed by atoms with Crippen molar-refractivity contribution in [3.63, 3.8) is 0 Å². The van der Waals surface area contributed by atoms with Crippen LogP contribution in [0, 0.1) is 6.92 Å². The van der Waals surface area contributed by atoms with Crippen LogP contribution in [0.25, 0.3) is 5.57 Å². The minimum Gasteiger partial charge on any atom is -0.372 e. The number of amides is 2. The predicted octanol–water partition coefficient (Wildman–Crippen LogP) is 5.02. The van der Waals surface area contributed by atoms with Crippen molar-refractivity contribution in [3.8, 4) is 0 Å². The highest BCUT2D eigenvalue weighted by Gasteiger charge is 2.42. The van der Waals surface area contributed by atoms with Gasteiger partial charge in [0.1, 0.15) is 5.70 Å². The molecule has 0 aliphatic carbocycles. The Kier molecular flexibility index (Phi) is 5.47. The molecule has 1 saturated heterocycles. The highest BCUT2D eigenvalue weighted by molar-refractivity contribution is 6.46. The molecule has 0 bridgehead atoms. The Morgan fingerprint density at radius 1 is 0.727 bits per heavy atom. The zero-order valence-electron chi connectivity index (χ0n) is 19.0. The second-order valence-electron chi connectivity index (χ2n) is 8.64. The molecule has 2 amide bonds. The third kappa shape index (κ3) is 3.80. The minimum absolute atomic E-state index is 0.296. The van der Waals surface area contributed by atoms with Crippen molar-refractivity contribution in [1.29, 1.82) is 0 Å². The highest BCUT2D eigenvalue weighted by Crippen LogP contribution is 2.36. The lowest BCUT2D eigenvalue weighted by Gasteiger charge is -2.22. The van der Waals surface area contributed by atoms with E-state index in [0.29, 0.717) is 17.0 Å². The number of hydrogen-bond acceptors (Lipinski definition) is 4. The second-order valence-corrected chi connectivity index (χ2v) is 8.64. The lowest BCUT2D eigenvalue weighted by Crippen LogP contribution is -2.34. The number of hydrogen-bond donors (Lipinski definition) is 0. The summed E-state index contributed by atoms with van der Waals surface area (Å²) in [7, 11) is 1.84. The molecule has 2 aliphatic heterocycles. The van der Waals surface area contributed by atoms with Crippen LogP contribution in [-0.4, -0.2) is 32.0 Å². The van der Waals surface area contributed by atoms with Crippen LogP contribution < -0.4 is 14.7 Å². The Morgan fingerprint density at radius 2 is 1.33 bits per heavy atom. The number of carbonyl (C=O) groups is 2. The molecule has 33 heavy (non-hydrogen) atoms. The molecule has 0 saturated carbocycles. The van der Waals surface area contributed by atoms with Gasteiger partial charge in [0.15, 0.2) is 0 Å². The van der Waals surface area contributed by atoms with Crippen molar-refractivity contribution in [2.75, 3.05) is 34.8 Å². The number of nitrogens with zero attached hydrogens (tertiary/aromatic N) is 3. The van der Waals surface area contributed by atoms with E-state index in [1.54, 1.807) is 0 Å².